The molecule has 0 aliphatic rings. The first-order chi connectivity index (χ1) is 8.90. The van der Waals surface area contributed by atoms with Gasteiger partial charge in [-0.25, -0.2) is 12.8 Å². The van der Waals surface area contributed by atoms with Crippen LogP contribution in [0, 0.1) is 5.82 Å². The van der Waals surface area contributed by atoms with E-state index in [2.05, 4.69) is 25.6 Å². The first-order valence-electron chi connectivity index (χ1n) is 4.97. The van der Waals surface area contributed by atoms with E-state index >= 15 is 0 Å². The van der Waals surface area contributed by atoms with Gasteiger partial charge in [-0.1, -0.05) is 27.5 Å². The molecular formula is C11H7BrClFN2O2S. The normalized spacial score (nSPS) is 11.3. The number of rotatable bonds is 3. The number of halogens is 3. The molecule has 2 aromatic rings. The number of nitrogens with one attached hydrogen (secondary N) is 1. The quantitative estimate of drug-likeness (QED) is 0.906. The van der Waals surface area contributed by atoms with Crippen LogP contribution >= 0.6 is 27.5 Å². The van der Waals surface area contributed by atoms with E-state index in [1.54, 1.807) is 0 Å². The topological polar surface area (TPSA) is 59.1 Å². The lowest BCUT2D eigenvalue weighted by Crippen LogP contribution is -2.14. The summed E-state index contributed by atoms with van der Waals surface area (Å²) in [5, 5.41) is 0.0383. The lowest BCUT2D eigenvalue weighted by molar-refractivity contribution is 0.598. The van der Waals surface area contributed by atoms with E-state index in [4.69, 9.17) is 11.6 Å². The third-order valence-electron chi connectivity index (χ3n) is 2.20. The summed E-state index contributed by atoms with van der Waals surface area (Å²) >= 11 is 9.04. The van der Waals surface area contributed by atoms with Gasteiger partial charge in [0.1, 0.15) is 4.90 Å². The Hall–Kier alpha value is -1.18. The number of sulfonamides is 1. The van der Waals surface area contributed by atoms with Gasteiger partial charge in [-0.05, 0) is 24.3 Å². The number of anilines is 1. The molecular weight excluding hydrogens is 359 g/mol. The van der Waals surface area contributed by atoms with Crippen molar-refractivity contribution < 1.29 is 12.8 Å². The molecule has 0 atom stereocenters. The molecule has 1 heterocycles. The molecule has 0 saturated carbocycles. The monoisotopic (exact) mass is 364 g/mol. The minimum Gasteiger partial charge on any atom is -0.276 e. The van der Waals surface area contributed by atoms with Crippen LogP contribution in [0.2, 0.25) is 5.02 Å². The number of pyridine rings is 1. The fourth-order valence-electron chi connectivity index (χ4n) is 1.35. The van der Waals surface area contributed by atoms with Crippen molar-refractivity contribution in [1.82, 2.24) is 4.98 Å². The van der Waals surface area contributed by atoms with Crippen LogP contribution in [0.3, 0.4) is 0 Å². The molecule has 0 amide bonds. The Morgan fingerprint density at radius 1 is 1.32 bits per heavy atom. The smallest absolute Gasteiger partial charge is 0.263 e. The van der Waals surface area contributed by atoms with Crippen LogP contribution in [-0.4, -0.2) is 13.4 Å². The molecule has 100 valence electrons. The van der Waals surface area contributed by atoms with Crippen LogP contribution < -0.4 is 4.72 Å². The third-order valence-corrected chi connectivity index (χ3v) is 4.54. The van der Waals surface area contributed by atoms with Gasteiger partial charge in [0.15, 0.2) is 5.82 Å². The van der Waals surface area contributed by atoms with Crippen molar-refractivity contribution in [3.8, 4) is 0 Å². The lowest BCUT2D eigenvalue weighted by atomic mass is 10.4. The Kier molecular flexibility index (Phi) is 4.07. The SMILES string of the molecule is O=S(=O)(Nc1ccncc1F)c1ccc(Br)cc1Cl. The summed E-state index contributed by atoms with van der Waals surface area (Å²) in [5.74, 6) is -0.765. The molecule has 0 saturated heterocycles. The predicted molar refractivity (Wildman–Crippen MR) is 74.2 cm³/mol. The number of nitrogens with zero attached hydrogens (tertiary/aromatic N) is 1. The second-order valence-electron chi connectivity index (χ2n) is 3.54. The van der Waals surface area contributed by atoms with Gasteiger partial charge in [0.25, 0.3) is 10.0 Å². The zero-order valence-corrected chi connectivity index (χ0v) is 12.4. The largest absolute Gasteiger partial charge is 0.276 e. The highest BCUT2D eigenvalue weighted by Crippen LogP contribution is 2.27. The van der Waals surface area contributed by atoms with E-state index < -0.39 is 15.8 Å². The average molecular weight is 366 g/mol. The molecule has 0 fully saturated rings. The van der Waals surface area contributed by atoms with Crippen molar-refractivity contribution >= 4 is 43.2 Å². The highest BCUT2D eigenvalue weighted by Gasteiger charge is 2.19. The Balaban J connectivity index is 2.41. The van der Waals surface area contributed by atoms with Crippen LogP contribution in [0.1, 0.15) is 0 Å². The molecule has 19 heavy (non-hydrogen) atoms. The van der Waals surface area contributed by atoms with Crippen molar-refractivity contribution in [3.05, 3.63) is 52.0 Å². The van der Waals surface area contributed by atoms with Crippen LogP contribution in [0.25, 0.3) is 0 Å². The van der Waals surface area contributed by atoms with Gasteiger partial charge < -0.3 is 0 Å². The molecule has 4 nitrogen and oxygen atoms in total. The van der Waals surface area contributed by atoms with E-state index in [9.17, 15) is 12.8 Å². The summed E-state index contributed by atoms with van der Waals surface area (Å²) < 4.78 is 40.3. The van der Waals surface area contributed by atoms with Crippen LogP contribution in [0.5, 0.6) is 0 Å². The minimum atomic E-state index is -3.95. The third kappa shape index (κ3) is 3.23. The molecule has 0 aliphatic carbocycles. The van der Waals surface area contributed by atoms with Gasteiger partial charge in [0, 0.05) is 10.7 Å². The van der Waals surface area contributed by atoms with Gasteiger partial charge in [0.05, 0.1) is 16.9 Å². The van der Waals surface area contributed by atoms with E-state index in [0.717, 1.165) is 6.20 Å². The molecule has 8 heteroatoms. The number of benzene rings is 1. The zero-order chi connectivity index (χ0) is 14.0. The van der Waals surface area contributed by atoms with E-state index in [1.807, 2.05) is 0 Å². The van der Waals surface area contributed by atoms with Gasteiger partial charge in [0.2, 0.25) is 0 Å². The fraction of sp³-hybridized carbons (Fsp3) is 0. The standard InChI is InChI=1S/C11H7BrClFN2O2S/c12-7-1-2-11(8(13)5-7)19(17,18)16-10-3-4-15-6-9(10)14/h1-6H,(H,15,16). The number of aromatic nitrogens is 1. The van der Waals surface area contributed by atoms with Gasteiger partial charge in [-0.2, -0.15) is 0 Å². The summed E-state index contributed by atoms with van der Waals surface area (Å²) in [4.78, 5) is 3.40. The van der Waals surface area contributed by atoms with Crippen molar-refractivity contribution in [2.24, 2.45) is 0 Å². The molecule has 2 rings (SSSR count). The lowest BCUT2D eigenvalue weighted by Gasteiger charge is -2.10. The molecule has 0 spiro atoms. The van der Waals surface area contributed by atoms with E-state index in [1.165, 1.54) is 30.5 Å². The summed E-state index contributed by atoms with van der Waals surface area (Å²) in [6, 6.07) is 5.52. The molecule has 0 radical (unpaired) electrons. The summed E-state index contributed by atoms with van der Waals surface area (Å²) in [5.41, 5.74) is -0.186. The maximum atomic E-state index is 13.4. The Labute approximate surface area is 122 Å². The molecule has 0 aliphatic heterocycles. The number of hydrogen-bond acceptors (Lipinski definition) is 3. The summed E-state index contributed by atoms with van der Waals surface area (Å²) in [6.07, 6.45) is 2.20. The number of hydrogen-bond donors (Lipinski definition) is 1. The highest BCUT2D eigenvalue weighted by atomic mass is 79.9. The van der Waals surface area contributed by atoms with Gasteiger partial charge in [-0.3, -0.25) is 9.71 Å². The second kappa shape index (κ2) is 5.44. The molecule has 0 bridgehead atoms. The fourth-order valence-corrected chi connectivity index (χ4v) is 3.46. The summed E-state index contributed by atoms with van der Waals surface area (Å²) in [7, 11) is -3.95. The molecule has 1 aromatic heterocycles. The average Bonchev–Trinajstić information content (AvgIpc) is 2.31. The van der Waals surface area contributed by atoms with E-state index in [-0.39, 0.29) is 15.6 Å². The van der Waals surface area contributed by atoms with Crippen LogP contribution in [-0.2, 0) is 10.0 Å². The van der Waals surface area contributed by atoms with E-state index in [0.29, 0.717) is 4.47 Å². The molecule has 1 aromatic carbocycles. The van der Waals surface area contributed by atoms with Crippen molar-refractivity contribution in [2.45, 2.75) is 4.90 Å². The first-order valence-corrected chi connectivity index (χ1v) is 7.63. The maximum Gasteiger partial charge on any atom is 0.263 e. The van der Waals surface area contributed by atoms with Gasteiger partial charge >= 0.3 is 0 Å². The molecule has 1 N–H and O–H groups in total. The van der Waals surface area contributed by atoms with Crippen molar-refractivity contribution in [3.63, 3.8) is 0 Å². The Morgan fingerprint density at radius 2 is 2.05 bits per heavy atom. The Morgan fingerprint density at radius 3 is 2.68 bits per heavy atom. The maximum absolute atomic E-state index is 13.4. The molecule has 0 unspecified atom stereocenters. The Bertz CT molecular complexity index is 724. The van der Waals surface area contributed by atoms with Crippen LogP contribution in [0.15, 0.2) is 46.0 Å². The van der Waals surface area contributed by atoms with Crippen molar-refractivity contribution in [2.75, 3.05) is 4.72 Å². The van der Waals surface area contributed by atoms with Crippen LogP contribution in [0.4, 0.5) is 10.1 Å². The first kappa shape index (κ1) is 14.2. The minimum absolute atomic E-state index is 0.0383. The zero-order valence-electron chi connectivity index (χ0n) is 9.27. The second-order valence-corrected chi connectivity index (χ2v) is 6.51. The predicted octanol–water partition coefficient (Wildman–Crippen LogP) is 3.44. The van der Waals surface area contributed by atoms with Gasteiger partial charge in [-0.15, -0.1) is 0 Å². The highest BCUT2D eigenvalue weighted by molar-refractivity contribution is 9.10. The van der Waals surface area contributed by atoms with Crippen molar-refractivity contribution in [1.29, 1.82) is 0 Å². The summed E-state index contributed by atoms with van der Waals surface area (Å²) in [6.45, 7) is 0.